The molecule has 1 fully saturated rings. The third-order valence-corrected chi connectivity index (χ3v) is 19.2. The maximum Gasteiger partial charge on any atom is 0.192 e. The van der Waals surface area contributed by atoms with E-state index in [1.807, 2.05) is 0 Å². The van der Waals surface area contributed by atoms with Crippen LogP contribution in [0.25, 0.3) is 0 Å². The highest BCUT2D eigenvalue weighted by Gasteiger charge is 2.46. The second-order valence-corrected chi connectivity index (χ2v) is 22.5. The molecule has 2 rings (SSSR count). The summed E-state index contributed by atoms with van der Waals surface area (Å²) in [4.78, 5) is 0. The van der Waals surface area contributed by atoms with Crippen molar-refractivity contribution >= 4 is 16.6 Å². The molecule has 198 valence electrons. The molecule has 0 aliphatic heterocycles. The van der Waals surface area contributed by atoms with Gasteiger partial charge in [-0.3, -0.25) is 0 Å². The highest BCUT2D eigenvalue weighted by atomic mass is 28.4. The Kier molecular flexibility index (Phi) is 10.9. The van der Waals surface area contributed by atoms with Crippen molar-refractivity contribution in [1.29, 1.82) is 0 Å². The maximum atomic E-state index is 7.31. The summed E-state index contributed by atoms with van der Waals surface area (Å²) in [5, 5.41) is 0.244. The highest BCUT2D eigenvalue weighted by Crippen LogP contribution is 2.47. The summed E-state index contributed by atoms with van der Waals surface area (Å²) in [6, 6.07) is 3.69. The number of hydrogen-bond donors (Lipinski definition) is 0. The van der Waals surface area contributed by atoms with Crippen LogP contribution in [0.5, 0.6) is 0 Å². The van der Waals surface area contributed by atoms with Crippen molar-refractivity contribution in [2.75, 3.05) is 0 Å². The summed E-state index contributed by atoms with van der Waals surface area (Å²) in [7, 11) is -3.46. The van der Waals surface area contributed by atoms with Crippen LogP contribution >= 0.6 is 0 Å². The van der Waals surface area contributed by atoms with E-state index in [1.165, 1.54) is 50.2 Å². The van der Waals surface area contributed by atoms with E-state index >= 15 is 0 Å². The quantitative estimate of drug-likeness (QED) is 0.183. The molecule has 2 aliphatic carbocycles. The zero-order chi connectivity index (χ0) is 25.6. The van der Waals surface area contributed by atoms with Crippen LogP contribution in [0.2, 0.25) is 36.3 Å². The van der Waals surface area contributed by atoms with Crippen LogP contribution in [0.3, 0.4) is 0 Å². The Balaban J connectivity index is 2.20. The molecule has 0 saturated heterocycles. The first-order valence-electron chi connectivity index (χ1n) is 14.5. The number of allylic oxidation sites excluding steroid dienone is 1. The highest BCUT2D eigenvalue weighted by molar-refractivity contribution is 6.74. The molecule has 0 N–H and O–H groups in total. The molecule has 0 aromatic heterocycles. The topological polar surface area (TPSA) is 18.5 Å². The Labute approximate surface area is 215 Å². The Morgan fingerprint density at radius 3 is 2.09 bits per heavy atom. The molecule has 0 radical (unpaired) electrons. The van der Waals surface area contributed by atoms with Crippen LogP contribution in [-0.2, 0) is 8.85 Å². The van der Waals surface area contributed by atoms with Gasteiger partial charge >= 0.3 is 0 Å². The first-order valence-corrected chi connectivity index (χ1v) is 20.0. The molecule has 34 heavy (non-hydrogen) atoms. The molecule has 2 aliphatic rings. The summed E-state index contributed by atoms with van der Waals surface area (Å²) in [5.74, 6) is 1.21. The van der Waals surface area contributed by atoms with Gasteiger partial charge in [-0.2, -0.15) is 0 Å². The van der Waals surface area contributed by atoms with Gasteiger partial charge in [0, 0.05) is 5.92 Å². The van der Waals surface area contributed by atoms with E-state index < -0.39 is 16.6 Å². The van der Waals surface area contributed by atoms with Gasteiger partial charge in [0.05, 0.1) is 11.7 Å². The third-order valence-electron chi connectivity index (χ3n) is 9.97. The van der Waals surface area contributed by atoms with E-state index in [0.29, 0.717) is 17.9 Å². The van der Waals surface area contributed by atoms with Crippen molar-refractivity contribution in [1.82, 2.24) is 0 Å². The molecule has 0 heterocycles. The van der Waals surface area contributed by atoms with Crippen LogP contribution in [0.4, 0.5) is 0 Å². The lowest BCUT2D eigenvalue weighted by Crippen LogP contribution is -2.52. The summed E-state index contributed by atoms with van der Waals surface area (Å²) < 4.78 is 14.3. The molecule has 0 spiro atoms. The van der Waals surface area contributed by atoms with Crippen molar-refractivity contribution in [2.24, 2.45) is 11.8 Å². The Bertz CT molecular complexity index is 660. The molecule has 2 nitrogen and oxygen atoms in total. The van der Waals surface area contributed by atoms with E-state index in [0.717, 1.165) is 25.7 Å². The number of rotatable bonds is 13. The van der Waals surface area contributed by atoms with Gasteiger partial charge in [0.1, 0.15) is 0 Å². The van der Waals surface area contributed by atoms with Gasteiger partial charge in [0.25, 0.3) is 0 Å². The first kappa shape index (κ1) is 30.1. The van der Waals surface area contributed by atoms with Crippen molar-refractivity contribution in [3.05, 3.63) is 24.3 Å². The molecule has 0 amide bonds. The zero-order valence-corrected chi connectivity index (χ0v) is 26.4. The fourth-order valence-electron chi connectivity index (χ4n) is 6.22. The normalized spacial score (nSPS) is 24.7. The van der Waals surface area contributed by atoms with E-state index in [2.05, 4.69) is 80.3 Å². The summed E-state index contributed by atoms with van der Waals surface area (Å²) in [6.07, 6.45) is 16.3. The predicted octanol–water partition coefficient (Wildman–Crippen LogP) is 10.0. The van der Waals surface area contributed by atoms with E-state index in [1.54, 1.807) is 5.57 Å². The SMILES string of the molecule is C=CC[C@@H]1C(CC[C@](C)(O[Si](C)(C)C(C)(C)C)C2CCCCC2)=CC[C@@H]1O[Si](CC)(CC)CC. The summed E-state index contributed by atoms with van der Waals surface area (Å²) in [5.41, 5.74) is 1.61. The lowest BCUT2D eigenvalue weighted by Gasteiger charge is -2.49. The monoisotopic (exact) mass is 506 g/mol. The van der Waals surface area contributed by atoms with E-state index in [9.17, 15) is 0 Å². The molecule has 4 heteroatoms. The van der Waals surface area contributed by atoms with Gasteiger partial charge in [-0.25, -0.2) is 0 Å². The number of hydrogen-bond acceptors (Lipinski definition) is 2. The fourth-order valence-corrected chi connectivity index (χ4v) is 10.9. The first-order chi connectivity index (χ1) is 15.9. The third kappa shape index (κ3) is 7.20. The van der Waals surface area contributed by atoms with Gasteiger partial charge in [-0.05, 0) is 87.6 Å². The molecule has 0 aromatic rings. The average Bonchev–Trinajstić information content (AvgIpc) is 3.17. The lowest BCUT2D eigenvalue weighted by atomic mass is 9.75. The molecule has 0 unspecified atom stereocenters. The minimum atomic E-state index is -1.85. The van der Waals surface area contributed by atoms with Crippen LogP contribution in [0, 0.1) is 11.8 Å². The van der Waals surface area contributed by atoms with Gasteiger partial charge in [-0.1, -0.05) is 78.5 Å². The minimum absolute atomic E-state index is 0.0172. The van der Waals surface area contributed by atoms with Gasteiger partial charge in [0.15, 0.2) is 16.6 Å². The van der Waals surface area contributed by atoms with Gasteiger partial charge < -0.3 is 8.85 Å². The standard InChI is InChI=1S/C30H58O2Si2/c1-11-18-27-25(21-22-28(27)31-34(12-2,13-3)14-4)23-24-30(8,26-19-16-15-17-20-26)32-33(9,10)29(5,6)7/h11,21,26-28H,1,12-20,22-24H2,2-10H3/t27-,28+,30+/m1/s1. The molecule has 3 atom stereocenters. The summed E-state index contributed by atoms with van der Waals surface area (Å²) in [6.45, 7) is 25.7. The van der Waals surface area contributed by atoms with Crippen LogP contribution in [-0.4, -0.2) is 28.3 Å². The predicted molar refractivity (Wildman–Crippen MR) is 156 cm³/mol. The minimum Gasteiger partial charge on any atom is -0.413 e. The Hall–Kier alpha value is -0.166. The largest absolute Gasteiger partial charge is 0.413 e. The molecular weight excluding hydrogens is 449 g/mol. The van der Waals surface area contributed by atoms with Crippen molar-refractivity contribution in [3.63, 3.8) is 0 Å². The van der Waals surface area contributed by atoms with Gasteiger partial charge in [0.2, 0.25) is 0 Å². The van der Waals surface area contributed by atoms with E-state index in [4.69, 9.17) is 8.85 Å². The van der Waals surface area contributed by atoms with Crippen molar-refractivity contribution in [3.8, 4) is 0 Å². The second kappa shape index (κ2) is 12.4. The molecule has 1 saturated carbocycles. The smallest absolute Gasteiger partial charge is 0.192 e. The summed E-state index contributed by atoms with van der Waals surface area (Å²) >= 11 is 0. The Morgan fingerprint density at radius 2 is 1.59 bits per heavy atom. The second-order valence-electron chi connectivity index (χ2n) is 13.1. The van der Waals surface area contributed by atoms with Crippen LogP contribution in [0.1, 0.15) is 106 Å². The fraction of sp³-hybridized carbons (Fsp3) is 0.867. The maximum absolute atomic E-state index is 7.31. The van der Waals surface area contributed by atoms with Crippen molar-refractivity contribution in [2.45, 2.75) is 154 Å². The van der Waals surface area contributed by atoms with Gasteiger partial charge in [-0.15, -0.1) is 6.58 Å². The van der Waals surface area contributed by atoms with Crippen molar-refractivity contribution < 1.29 is 8.85 Å². The van der Waals surface area contributed by atoms with Crippen LogP contribution < -0.4 is 0 Å². The lowest BCUT2D eigenvalue weighted by molar-refractivity contribution is -0.0118. The zero-order valence-electron chi connectivity index (χ0n) is 24.4. The molecular formula is C30H58O2Si2. The molecule has 0 bridgehead atoms. The Morgan fingerprint density at radius 1 is 1.00 bits per heavy atom. The molecule has 0 aromatic carbocycles. The average molecular weight is 507 g/mol. The van der Waals surface area contributed by atoms with E-state index in [-0.39, 0.29) is 10.6 Å². The van der Waals surface area contributed by atoms with Crippen LogP contribution in [0.15, 0.2) is 24.3 Å².